The highest BCUT2D eigenvalue weighted by atomic mass is 15.1. The Bertz CT molecular complexity index is 606. The summed E-state index contributed by atoms with van der Waals surface area (Å²) >= 11 is 0. The lowest BCUT2D eigenvalue weighted by Gasteiger charge is -2.22. The first-order chi connectivity index (χ1) is 19.2. The van der Waals surface area contributed by atoms with Gasteiger partial charge in [0.25, 0.3) is 0 Å². The van der Waals surface area contributed by atoms with Crippen LogP contribution in [0.25, 0.3) is 0 Å². The van der Waals surface area contributed by atoms with E-state index in [1.165, 1.54) is 186 Å². The van der Waals surface area contributed by atoms with Crippen molar-refractivity contribution in [1.82, 2.24) is 9.55 Å². The molecule has 0 bridgehead atoms. The van der Waals surface area contributed by atoms with Crippen LogP contribution < -0.4 is 0 Å². The highest BCUT2D eigenvalue weighted by molar-refractivity contribution is 5.02. The van der Waals surface area contributed by atoms with E-state index in [-0.39, 0.29) is 0 Å². The summed E-state index contributed by atoms with van der Waals surface area (Å²) in [5.74, 6) is 2.06. The predicted molar refractivity (Wildman–Crippen MR) is 176 cm³/mol. The Labute approximate surface area is 246 Å². The topological polar surface area (TPSA) is 17.8 Å². The second-order valence-corrected chi connectivity index (χ2v) is 12.9. The lowest BCUT2D eigenvalue weighted by atomic mass is 9.92. The molecule has 230 valence electrons. The van der Waals surface area contributed by atoms with Crippen molar-refractivity contribution in [1.29, 1.82) is 0 Å². The third-order valence-corrected chi connectivity index (χ3v) is 9.08. The van der Waals surface area contributed by atoms with Crippen molar-refractivity contribution < 1.29 is 0 Å². The summed E-state index contributed by atoms with van der Waals surface area (Å²) in [4.78, 5) is 4.99. The van der Waals surface area contributed by atoms with Crippen LogP contribution >= 0.6 is 0 Å². The van der Waals surface area contributed by atoms with E-state index in [0.29, 0.717) is 12.0 Å². The fourth-order valence-electron chi connectivity index (χ4n) is 6.35. The Morgan fingerprint density at radius 2 is 0.821 bits per heavy atom. The number of aromatic nitrogens is 2. The van der Waals surface area contributed by atoms with Crippen molar-refractivity contribution in [2.45, 2.75) is 219 Å². The first-order valence-corrected chi connectivity index (χ1v) is 18.3. The minimum atomic E-state index is 0.590. The van der Waals surface area contributed by atoms with E-state index in [2.05, 4.69) is 44.7 Å². The third kappa shape index (κ3) is 19.8. The number of imidazole rings is 1. The van der Waals surface area contributed by atoms with Gasteiger partial charge in [-0.3, -0.25) is 0 Å². The van der Waals surface area contributed by atoms with Gasteiger partial charge in [-0.05, 0) is 26.2 Å². The van der Waals surface area contributed by atoms with Gasteiger partial charge in [-0.2, -0.15) is 0 Å². The molecule has 0 radical (unpaired) electrons. The predicted octanol–water partition coefficient (Wildman–Crippen LogP) is 13.5. The summed E-state index contributed by atoms with van der Waals surface area (Å²) in [5, 5.41) is 0. The van der Waals surface area contributed by atoms with Crippen LogP contribution in [0.5, 0.6) is 0 Å². The molecule has 1 heterocycles. The van der Waals surface area contributed by atoms with E-state index < -0.39 is 0 Å². The van der Waals surface area contributed by atoms with Crippen molar-refractivity contribution in [2.75, 3.05) is 0 Å². The molecule has 0 saturated heterocycles. The van der Waals surface area contributed by atoms with Crippen LogP contribution in [0, 0.1) is 0 Å². The van der Waals surface area contributed by atoms with Crippen molar-refractivity contribution in [3.8, 4) is 0 Å². The lowest BCUT2D eigenvalue weighted by molar-refractivity contribution is 0.412. The van der Waals surface area contributed by atoms with Gasteiger partial charge in [0.2, 0.25) is 0 Å². The molecule has 2 heteroatoms. The van der Waals surface area contributed by atoms with E-state index in [4.69, 9.17) is 4.98 Å². The highest BCUT2D eigenvalue weighted by Crippen LogP contribution is 2.31. The molecule has 0 spiro atoms. The van der Waals surface area contributed by atoms with Gasteiger partial charge in [-0.15, -0.1) is 0 Å². The maximum atomic E-state index is 4.99. The summed E-state index contributed by atoms with van der Waals surface area (Å²) in [6, 6.07) is 0.590. The molecular weight excluding hydrogens is 472 g/mol. The number of unbranched alkanes of at least 4 members (excludes halogenated alkanes) is 22. The second-order valence-electron chi connectivity index (χ2n) is 12.9. The van der Waals surface area contributed by atoms with Gasteiger partial charge in [0.15, 0.2) is 0 Å². The average Bonchev–Trinajstić information content (AvgIpc) is 3.44. The molecule has 1 aromatic heterocycles. The Balaban J connectivity index is 2.45. The third-order valence-electron chi connectivity index (χ3n) is 9.08. The van der Waals surface area contributed by atoms with Crippen LogP contribution in [0.4, 0.5) is 0 Å². The Hall–Kier alpha value is -0.790. The number of nitrogens with zero attached hydrogens (tertiary/aromatic N) is 2. The van der Waals surface area contributed by atoms with E-state index >= 15 is 0 Å². The van der Waals surface area contributed by atoms with Gasteiger partial charge in [0, 0.05) is 24.4 Å². The molecule has 1 rings (SSSR count). The fraction of sp³-hybridized carbons (Fsp3) is 0.919. The Morgan fingerprint density at radius 1 is 0.487 bits per heavy atom. The Kier molecular flexibility index (Phi) is 25.4. The number of hydrogen-bond donors (Lipinski definition) is 0. The highest BCUT2D eigenvalue weighted by Gasteiger charge is 2.19. The van der Waals surface area contributed by atoms with Gasteiger partial charge >= 0.3 is 0 Å². The zero-order valence-electron chi connectivity index (χ0n) is 27.5. The number of hydrogen-bond acceptors (Lipinski definition) is 1. The molecule has 0 aromatic carbocycles. The van der Waals surface area contributed by atoms with E-state index in [0.717, 1.165) is 0 Å². The first kappa shape index (κ1) is 36.2. The molecule has 1 aromatic rings. The second kappa shape index (κ2) is 27.4. The summed E-state index contributed by atoms with van der Waals surface area (Å²) in [6.45, 7) is 9.38. The van der Waals surface area contributed by atoms with Crippen molar-refractivity contribution in [3.63, 3.8) is 0 Å². The molecule has 0 saturated carbocycles. The molecule has 39 heavy (non-hydrogen) atoms. The summed E-state index contributed by atoms with van der Waals surface area (Å²) in [7, 11) is 0. The largest absolute Gasteiger partial charge is 0.332 e. The average molecular weight is 545 g/mol. The van der Waals surface area contributed by atoms with Crippen LogP contribution in [0.1, 0.15) is 225 Å². The SMILES string of the molecule is CCCCCCCCCCCCC(CCCCCCCCC)c1nccn1C(C)CCCCCCCCCC. The molecule has 0 aliphatic rings. The summed E-state index contributed by atoms with van der Waals surface area (Å²) < 4.78 is 2.57. The molecule has 0 amide bonds. The number of rotatable bonds is 30. The van der Waals surface area contributed by atoms with Crippen molar-refractivity contribution in [3.05, 3.63) is 18.2 Å². The zero-order chi connectivity index (χ0) is 28.2. The molecule has 2 nitrogen and oxygen atoms in total. The van der Waals surface area contributed by atoms with Gasteiger partial charge < -0.3 is 4.57 Å². The zero-order valence-corrected chi connectivity index (χ0v) is 27.5. The van der Waals surface area contributed by atoms with Gasteiger partial charge in [-0.1, -0.05) is 181 Å². The van der Waals surface area contributed by atoms with Gasteiger partial charge in [-0.25, -0.2) is 4.98 Å². The quantitative estimate of drug-likeness (QED) is 0.0880. The minimum Gasteiger partial charge on any atom is -0.332 e. The Morgan fingerprint density at radius 3 is 1.21 bits per heavy atom. The smallest absolute Gasteiger partial charge is 0.111 e. The molecular formula is C37H72N2. The standard InChI is InChI=1S/C37H72N2/c1-5-8-11-14-17-19-20-23-26-29-32-36(31-28-25-21-16-13-10-7-3)37-38-33-34-39(37)35(4)30-27-24-22-18-15-12-9-6-2/h33-36H,5-32H2,1-4H3. The first-order valence-electron chi connectivity index (χ1n) is 18.3. The van der Waals surface area contributed by atoms with Crippen molar-refractivity contribution >= 4 is 0 Å². The van der Waals surface area contributed by atoms with Crippen LogP contribution in [0.15, 0.2) is 12.4 Å². The van der Waals surface area contributed by atoms with Gasteiger partial charge in [0.1, 0.15) is 5.82 Å². The molecule has 0 aliphatic heterocycles. The van der Waals surface area contributed by atoms with Gasteiger partial charge in [0.05, 0.1) is 0 Å². The molecule has 0 aliphatic carbocycles. The fourth-order valence-corrected chi connectivity index (χ4v) is 6.35. The van der Waals surface area contributed by atoms with E-state index in [9.17, 15) is 0 Å². The van der Waals surface area contributed by atoms with E-state index in [1.54, 1.807) is 0 Å². The molecule has 2 atom stereocenters. The van der Waals surface area contributed by atoms with Crippen LogP contribution in [-0.4, -0.2) is 9.55 Å². The molecule has 2 unspecified atom stereocenters. The van der Waals surface area contributed by atoms with Crippen LogP contribution in [-0.2, 0) is 0 Å². The molecule has 0 N–H and O–H groups in total. The maximum Gasteiger partial charge on any atom is 0.111 e. The summed E-state index contributed by atoms with van der Waals surface area (Å²) in [5.41, 5.74) is 0. The normalized spacial score (nSPS) is 13.2. The van der Waals surface area contributed by atoms with Crippen molar-refractivity contribution in [2.24, 2.45) is 0 Å². The van der Waals surface area contributed by atoms with Crippen LogP contribution in [0.3, 0.4) is 0 Å². The lowest BCUT2D eigenvalue weighted by Crippen LogP contribution is -2.13. The van der Waals surface area contributed by atoms with E-state index in [1.807, 2.05) is 0 Å². The minimum absolute atomic E-state index is 0.590. The van der Waals surface area contributed by atoms with Crippen LogP contribution in [0.2, 0.25) is 0 Å². The molecule has 0 fully saturated rings. The summed E-state index contributed by atoms with van der Waals surface area (Å²) in [6.07, 6.45) is 43.7. The maximum absolute atomic E-state index is 4.99. The monoisotopic (exact) mass is 545 g/mol.